The van der Waals surface area contributed by atoms with E-state index in [2.05, 4.69) is 10.3 Å². The van der Waals surface area contributed by atoms with Crippen molar-refractivity contribution in [2.24, 2.45) is 0 Å². The Morgan fingerprint density at radius 1 is 1.62 bits per heavy atom. The number of aromatic nitrogens is 1. The SMILES string of the molecule is CC(CO)NCc1ccc(Cl)cn1. The summed E-state index contributed by atoms with van der Waals surface area (Å²) < 4.78 is 0. The highest BCUT2D eigenvalue weighted by Gasteiger charge is 1.99. The van der Waals surface area contributed by atoms with Crippen LogP contribution < -0.4 is 5.32 Å². The van der Waals surface area contributed by atoms with E-state index >= 15 is 0 Å². The minimum absolute atomic E-state index is 0.0949. The maximum absolute atomic E-state index is 8.75. The third-order valence-corrected chi connectivity index (χ3v) is 1.92. The number of hydrogen-bond donors (Lipinski definition) is 2. The Bertz CT molecular complexity index is 250. The van der Waals surface area contributed by atoms with Crippen LogP contribution in [0, 0.1) is 0 Å². The number of hydrogen-bond acceptors (Lipinski definition) is 3. The number of nitrogens with one attached hydrogen (secondary N) is 1. The minimum atomic E-state index is 0.0949. The molecule has 1 unspecified atom stereocenters. The van der Waals surface area contributed by atoms with Gasteiger partial charge in [-0.15, -0.1) is 0 Å². The molecule has 1 heterocycles. The fraction of sp³-hybridized carbons (Fsp3) is 0.444. The van der Waals surface area contributed by atoms with Crippen molar-refractivity contribution in [3.63, 3.8) is 0 Å². The van der Waals surface area contributed by atoms with Gasteiger partial charge in [0, 0.05) is 18.8 Å². The van der Waals surface area contributed by atoms with Crippen LogP contribution >= 0.6 is 11.6 Å². The van der Waals surface area contributed by atoms with Gasteiger partial charge in [0.1, 0.15) is 0 Å². The predicted octanol–water partition coefficient (Wildman–Crippen LogP) is 1.21. The summed E-state index contributed by atoms with van der Waals surface area (Å²) in [5.41, 5.74) is 0.921. The smallest absolute Gasteiger partial charge is 0.0589 e. The normalized spacial score (nSPS) is 12.8. The number of nitrogens with zero attached hydrogens (tertiary/aromatic N) is 1. The average Bonchev–Trinajstić information content (AvgIpc) is 2.16. The topological polar surface area (TPSA) is 45.1 Å². The molecule has 0 radical (unpaired) electrons. The summed E-state index contributed by atoms with van der Waals surface area (Å²) in [6, 6.07) is 3.76. The molecule has 0 bridgehead atoms. The molecule has 0 aliphatic rings. The second-order valence-corrected chi connectivity index (χ2v) is 3.37. The van der Waals surface area contributed by atoms with Crippen LogP contribution in [0.4, 0.5) is 0 Å². The van der Waals surface area contributed by atoms with Gasteiger partial charge in [-0.25, -0.2) is 0 Å². The van der Waals surface area contributed by atoms with E-state index in [-0.39, 0.29) is 12.6 Å². The molecule has 1 atom stereocenters. The number of aliphatic hydroxyl groups excluding tert-OH is 1. The highest BCUT2D eigenvalue weighted by Crippen LogP contribution is 2.05. The highest BCUT2D eigenvalue weighted by molar-refractivity contribution is 6.30. The van der Waals surface area contributed by atoms with Crippen LogP contribution in [0.3, 0.4) is 0 Å². The lowest BCUT2D eigenvalue weighted by atomic mass is 10.3. The van der Waals surface area contributed by atoms with E-state index in [1.165, 1.54) is 0 Å². The van der Waals surface area contributed by atoms with Crippen LogP contribution in [-0.4, -0.2) is 22.7 Å². The standard InChI is InChI=1S/C9H13ClN2O/c1-7(6-13)11-5-9-3-2-8(10)4-12-9/h2-4,7,11,13H,5-6H2,1H3. The van der Waals surface area contributed by atoms with Gasteiger partial charge in [-0.3, -0.25) is 4.98 Å². The fourth-order valence-electron chi connectivity index (χ4n) is 0.854. The Hall–Kier alpha value is -0.640. The predicted molar refractivity (Wildman–Crippen MR) is 52.6 cm³/mol. The van der Waals surface area contributed by atoms with Gasteiger partial charge in [0.25, 0.3) is 0 Å². The molecule has 1 aromatic heterocycles. The molecular weight excluding hydrogens is 188 g/mol. The Kier molecular flexibility index (Phi) is 4.15. The second-order valence-electron chi connectivity index (χ2n) is 2.93. The third-order valence-electron chi connectivity index (χ3n) is 1.69. The first-order valence-electron chi connectivity index (χ1n) is 4.17. The molecule has 0 amide bonds. The van der Waals surface area contributed by atoms with Crippen LogP contribution in [0.15, 0.2) is 18.3 Å². The first-order chi connectivity index (χ1) is 6.22. The monoisotopic (exact) mass is 200 g/mol. The van der Waals surface area contributed by atoms with Gasteiger partial charge in [-0.1, -0.05) is 11.6 Å². The summed E-state index contributed by atoms with van der Waals surface area (Å²) in [4.78, 5) is 4.11. The molecule has 3 nitrogen and oxygen atoms in total. The highest BCUT2D eigenvalue weighted by atomic mass is 35.5. The fourth-order valence-corrected chi connectivity index (χ4v) is 0.966. The van der Waals surface area contributed by atoms with Gasteiger partial charge >= 0.3 is 0 Å². The molecule has 4 heteroatoms. The van der Waals surface area contributed by atoms with Gasteiger partial charge in [0.05, 0.1) is 17.3 Å². The van der Waals surface area contributed by atoms with E-state index < -0.39 is 0 Å². The van der Waals surface area contributed by atoms with Crippen molar-refractivity contribution in [1.82, 2.24) is 10.3 Å². The summed E-state index contributed by atoms with van der Waals surface area (Å²) in [6.45, 7) is 2.70. The Morgan fingerprint density at radius 2 is 2.38 bits per heavy atom. The van der Waals surface area contributed by atoms with Crippen molar-refractivity contribution in [3.8, 4) is 0 Å². The van der Waals surface area contributed by atoms with E-state index in [9.17, 15) is 0 Å². The molecule has 0 aromatic carbocycles. The number of aliphatic hydroxyl groups is 1. The Labute approximate surface area is 82.8 Å². The van der Waals surface area contributed by atoms with Gasteiger partial charge < -0.3 is 10.4 Å². The molecule has 0 spiro atoms. The summed E-state index contributed by atoms with van der Waals surface area (Å²) in [7, 11) is 0. The summed E-state index contributed by atoms with van der Waals surface area (Å²) in [5.74, 6) is 0. The van der Waals surface area contributed by atoms with Crippen molar-refractivity contribution in [1.29, 1.82) is 0 Å². The molecule has 0 fully saturated rings. The molecule has 13 heavy (non-hydrogen) atoms. The Balaban J connectivity index is 2.41. The van der Waals surface area contributed by atoms with Gasteiger partial charge in [-0.05, 0) is 19.1 Å². The number of pyridine rings is 1. The molecule has 1 aromatic rings. The summed E-state index contributed by atoms with van der Waals surface area (Å²) >= 11 is 5.68. The second kappa shape index (κ2) is 5.17. The first kappa shape index (κ1) is 10.4. The van der Waals surface area contributed by atoms with Crippen molar-refractivity contribution in [2.45, 2.75) is 19.5 Å². The van der Waals surface area contributed by atoms with Crippen molar-refractivity contribution in [3.05, 3.63) is 29.0 Å². The van der Waals surface area contributed by atoms with Crippen molar-refractivity contribution >= 4 is 11.6 Å². The van der Waals surface area contributed by atoms with E-state index in [0.29, 0.717) is 11.6 Å². The molecule has 72 valence electrons. The lowest BCUT2D eigenvalue weighted by Crippen LogP contribution is -2.28. The minimum Gasteiger partial charge on any atom is -0.395 e. The molecule has 0 aliphatic heterocycles. The molecular formula is C9H13ClN2O. The lowest BCUT2D eigenvalue weighted by Gasteiger charge is -2.09. The van der Waals surface area contributed by atoms with Gasteiger partial charge in [0.15, 0.2) is 0 Å². The largest absolute Gasteiger partial charge is 0.395 e. The van der Waals surface area contributed by atoms with Crippen molar-refractivity contribution in [2.75, 3.05) is 6.61 Å². The molecule has 0 aliphatic carbocycles. The van der Waals surface area contributed by atoms with Crippen LogP contribution in [0.5, 0.6) is 0 Å². The number of halogens is 1. The zero-order chi connectivity index (χ0) is 9.68. The number of rotatable bonds is 4. The molecule has 0 saturated carbocycles. The average molecular weight is 201 g/mol. The quantitative estimate of drug-likeness (QED) is 0.768. The summed E-state index contributed by atoms with van der Waals surface area (Å²) in [5, 5.41) is 12.5. The van der Waals surface area contributed by atoms with E-state index in [4.69, 9.17) is 16.7 Å². The zero-order valence-corrected chi connectivity index (χ0v) is 8.25. The van der Waals surface area contributed by atoms with Crippen LogP contribution in [0.2, 0.25) is 5.02 Å². The van der Waals surface area contributed by atoms with Crippen LogP contribution in [-0.2, 0) is 6.54 Å². The lowest BCUT2D eigenvalue weighted by molar-refractivity contribution is 0.250. The zero-order valence-electron chi connectivity index (χ0n) is 7.50. The van der Waals surface area contributed by atoms with E-state index in [0.717, 1.165) is 5.69 Å². The van der Waals surface area contributed by atoms with E-state index in [1.54, 1.807) is 12.3 Å². The molecule has 1 rings (SSSR count). The van der Waals surface area contributed by atoms with Crippen LogP contribution in [0.25, 0.3) is 0 Å². The molecule has 0 saturated heterocycles. The van der Waals surface area contributed by atoms with Gasteiger partial charge in [0.2, 0.25) is 0 Å². The van der Waals surface area contributed by atoms with Crippen molar-refractivity contribution < 1.29 is 5.11 Å². The molecule has 2 N–H and O–H groups in total. The maximum atomic E-state index is 8.75. The van der Waals surface area contributed by atoms with Gasteiger partial charge in [-0.2, -0.15) is 0 Å². The Morgan fingerprint density at radius 3 is 2.92 bits per heavy atom. The summed E-state index contributed by atoms with van der Waals surface area (Å²) in [6.07, 6.45) is 1.61. The third kappa shape index (κ3) is 3.72. The maximum Gasteiger partial charge on any atom is 0.0589 e. The van der Waals surface area contributed by atoms with E-state index in [1.807, 2.05) is 13.0 Å². The first-order valence-corrected chi connectivity index (χ1v) is 4.55. The van der Waals surface area contributed by atoms with Crippen LogP contribution in [0.1, 0.15) is 12.6 Å².